The van der Waals surface area contributed by atoms with Gasteiger partial charge in [0.05, 0.1) is 29.8 Å². The number of amides is 1. The lowest BCUT2D eigenvalue weighted by molar-refractivity contribution is 0.0275. The van der Waals surface area contributed by atoms with E-state index in [-0.39, 0.29) is 34.8 Å². The highest BCUT2D eigenvalue weighted by Gasteiger charge is 2.19. The van der Waals surface area contributed by atoms with Gasteiger partial charge in [-0.25, -0.2) is 27.3 Å². The maximum atomic E-state index is 14.4. The zero-order valence-electron chi connectivity index (χ0n) is 22.5. The molecule has 0 aliphatic carbocycles. The topological polar surface area (TPSA) is 123 Å². The second-order valence-electron chi connectivity index (χ2n) is 9.31. The number of carboxylic acids is 1. The number of carboxylic acid groups (broad SMARTS) is 1. The van der Waals surface area contributed by atoms with E-state index in [4.69, 9.17) is 9.84 Å². The number of morpholine rings is 1. The van der Waals surface area contributed by atoms with Crippen LogP contribution in [0.1, 0.15) is 32.6 Å². The van der Waals surface area contributed by atoms with Gasteiger partial charge < -0.3 is 20.5 Å². The molecule has 0 bridgehead atoms. The van der Waals surface area contributed by atoms with Gasteiger partial charge in [-0.05, 0) is 78.4 Å². The molecule has 2 aromatic heterocycles. The van der Waals surface area contributed by atoms with E-state index in [1.165, 1.54) is 76.2 Å². The van der Waals surface area contributed by atoms with E-state index in [9.17, 15) is 22.8 Å². The van der Waals surface area contributed by atoms with Crippen molar-refractivity contribution >= 4 is 17.6 Å². The minimum absolute atomic E-state index is 0.0423. The lowest BCUT2D eigenvalue weighted by Crippen LogP contribution is -2.33. The molecule has 0 unspecified atom stereocenters. The summed E-state index contributed by atoms with van der Waals surface area (Å²) in [7, 11) is 0. The maximum Gasteiger partial charge on any atom is 0.356 e. The molecule has 3 aromatic carbocycles. The minimum atomic E-state index is -1.09. The fourth-order valence-corrected chi connectivity index (χ4v) is 4.16. The Morgan fingerprint density at radius 1 is 0.837 bits per heavy atom. The first-order chi connectivity index (χ1) is 20.8. The highest BCUT2D eigenvalue weighted by molar-refractivity contribution is 6.02. The van der Waals surface area contributed by atoms with Gasteiger partial charge in [-0.1, -0.05) is 6.07 Å². The number of carbonyl (C=O) groups excluding carboxylic acids is 1. The zero-order chi connectivity index (χ0) is 30.3. The third kappa shape index (κ3) is 7.33. The summed E-state index contributed by atoms with van der Waals surface area (Å²) < 4.78 is 48.5. The monoisotopic (exact) mass is 590 g/mol. The second kappa shape index (κ2) is 13.1. The molecule has 0 radical (unpaired) electrons. The van der Waals surface area contributed by atoms with Gasteiger partial charge in [0.2, 0.25) is 0 Å². The summed E-state index contributed by atoms with van der Waals surface area (Å²) in [5, 5.41) is 22.3. The first kappa shape index (κ1) is 29.2. The summed E-state index contributed by atoms with van der Waals surface area (Å²) in [6, 6.07) is 18.8. The molecular weight excluding hydrogens is 565 g/mol. The number of nitrogens with zero attached hydrogens (tertiary/aromatic N) is 4. The van der Waals surface area contributed by atoms with Crippen molar-refractivity contribution in [2.24, 2.45) is 0 Å². The van der Waals surface area contributed by atoms with Gasteiger partial charge in [-0.2, -0.15) is 10.2 Å². The first-order valence-electron chi connectivity index (χ1n) is 13.1. The summed E-state index contributed by atoms with van der Waals surface area (Å²) in [5.74, 6) is -2.87. The van der Waals surface area contributed by atoms with Crippen LogP contribution in [0.25, 0.3) is 11.4 Å². The van der Waals surface area contributed by atoms with Crippen molar-refractivity contribution in [2.45, 2.75) is 6.10 Å². The van der Waals surface area contributed by atoms with Crippen LogP contribution in [-0.2, 0) is 4.74 Å². The molecule has 0 spiro atoms. The number of aromatic nitrogens is 4. The summed E-state index contributed by atoms with van der Waals surface area (Å²) in [6.45, 7) is 1.96. The summed E-state index contributed by atoms with van der Waals surface area (Å²) >= 11 is 0. The Labute approximate surface area is 243 Å². The molecule has 3 N–H and O–H groups in total. The predicted molar refractivity (Wildman–Crippen MR) is 150 cm³/mol. The third-order valence-electron chi connectivity index (χ3n) is 6.35. The first-order valence-corrected chi connectivity index (χ1v) is 13.1. The molecule has 1 aliphatic rings. The van der Waals surface area contributed by atoms with Gasteiger partial charge >= 0.3 is 5.97 Å². The minimum Gasteiger partial charge on any atom is -0.476 e. The quantitative estimate of drug-likeness (QED) is 0.260. The highest BCUT2D eigenvalue weighted by atomic mass is 19.1. The summed E-state index contributed by atoms with van der Waals surface area (Å²) in [4.78, 5) is 23.0. The lowest BCUT2D eigenvalue weighted by atomic mass is 10.1. The maximum absolute atomic E-state index is 14.4. The van der Waals surface area contributed by atoms with Crippen LogP contribution < -0.4 is 10.6 Å². The molecule has 1 saturated heterocycles. The Kier molecular flexibility index (Phi) is 8.93. The van der Waals surface area contributed by atoms with Crippen LogP contribution in [0.3, 0.4) is 0 Å². The van der Waals surface area contributed by atoms with Gasteiger partial charge in [-0.3, -0.25) is 4.79 Å². The normalized spacial score (nSPS) is 14.4. The predicted octanol–water partition coefficient (Wildman–Crippen LogP) is 4.77. The number of aromatic carboxylic acids is 1. The van der Waals surface area contributed by atoms with Crippen molar-refractivity contribution in [1.29, 1.82) is 0 Å². The Morgan fingerprint density at radius 3 is 1.93 bits per heavy atom. The van der Waals surface area contributed by atoms with Crippen molar-refractivity contribution in [3.05, 3.63) is 126 Å². The van der Waals surface area contributed by atoms with Crippen LogP contribution in [-0.4, -0.2) is 56.2 Å². The molecule has 220 valence electrons. The molecule has 5 aromatic rings. The number of hydrogen-bond acceptors (Lipinski definition) is 6. The SMILES string of the molecule is O=C(Nc1ccc([C@@H]2CNCCO2)cc1F)c1ccn(-c2ccc(F)cc2)n1.O=C(O)c1ccn(-c2ccc(F)cc2)n1. The fraction of sp³-hybridized carbons (Fsp3) is 0.133. The molecule has 43 heavy (non-hydrogen) atoms. The average molecular weight is 591 g/mol. The van der Waals surface area contributed by atoms with Crippen molar-refractivity contribution in [3.8, 4) is 11.4 Å². The van der Waals surface area contributed by atoms with Crippen LogP contribution in [0.2, 0.25) is 0 Å². The summed E-state index contributed by atoms with van der Waals surface area (Å²) in [5.41, 5.74) is 2.07. The molecule has 10 nitrogen and oxygen atoms in total. The molecule has 13 heteroatoms. The lowest BCUT2D eigenvalue weighted by Gasteiger charge is -2.24. The average Bonchev–Trinajstić information content (AvgIpc) is 3.71. The van der Waals surface area contributed by atoms with E-state index in [1.807, 2.05) is 0 Å². The van der Waals surface area contributed by atoms with Gasteiger partial charge in [0.1, 0.15) is 17.5 Å². The Bertz CT molecular complexity index is 1710. The van der Waals surface area contributed by atoms with E-state index in [1.54, 1.807) is 24.4 Å². The Balaban J connectivity index is 0.000000207. The van der Waals surface area contributed by atoms with Gasteiger partial charge in [0.25, 0.3) is 5.91 Å². The third-order valence-corrected chi connectivity index (χ3v) is 6.35. The smallest absolute Gasteiger partial charge is 0.356 e. The van der Waals surface area contributed by atoms with E-state index in [0.717, 1.165) is 6.54 Å². The number of carbonyl (C=O) groups is 2. The van der Waals surface area contributed by atoms with Crippen molar-refractivity contribution < 1.29 is 32.6 Å². The van der Waals surface area contributed by atoms with Crippen molar-refractivity contribution in [1.82, 2.24) is 24.9 Å². The largest absolute Gasteiger partial charge is 0.476 e. The number of halogens is 3. The van der Waals surface area contributed by atoms with Gasteiger partial charge in [0.15, 0.2) is 11.4 Å². The highest BCUT2D eigenvalue weighted by Crippen LogP contribution is 2.24. The molecule has 1 amide bonds. The molecular formula is C30H25F3N6O4. The van der Waals surface area contributed by atoms with Crippen LogP contribution in [0.5, 0.6) is 0 Å². The van der Waals surface area contributed by atoms with Crippen molar-refractivity contribution in [3.63, 3.8) is 0 Å². The number of benzene rings is 3. The molecule has 6 rings (SSSR count). The number of rotatable bonds is 6. The summed E-state index contributed by atoms with van der Waals surface area (Å²) in [6.07, 6.45) is 2.88. The van der Waals surface area contributed by atoms with Crippen LogP contribution >= 0.6 is 0 Å². The number of anilines is 1. The van der Waals surface area contributed by atoms with Crippen LogP contribution in [0.15, 0.2) is 91.3 Å². The van der Waals surface area contributed by atoms with E-state index in [2.05, 4.69) is 20.8 Å². The van der Waals surface area contributed by atoms with Gasteiger partial charge in [-0.15, -0.1) is 0 Å². The van der Waals surface area contributed by atoms with Crippen LogP contribution in [0, 0.1) is 17.5 Å². The molecule has 1 fully saturated rings. The Hall–Kier alpha value is -5.27. The van der Waals surface area contributed by atoms with E-state index in [0.29, 0.717) is 30.1 Å². The molecule has 3 heterocycles. The number of nitrogens with one attached hydrogen (secondary N) is 2. The number of hydrogen-bond donors (Lipinski definition) is 3. The number of ether oxygens (including phenoxy) is 1. The molecule has 0 saturated carbocycles. The van der Waals surface area contributed by atoms with Crippen LogP contribution in [0.4, 0.5) is 18.9 Å². The van der Waals surface area contributed by atoms with Crippen molar-refractivity contribution in [2.75, 3.05) is 25.0 Å². The fourth-order valence-electron chi connectivity index (χ4n) is 4.16. The molecule has 1 atom stereocenters. The zero-order valence-corrected chi connectivity index (χ0v) is 22.5. The van der Waals surface area contributed by atoms with E-state index < -0.39 is 17.7 Å². The molecule has 1 aliphatic heterocycles. The Morgan fingerprint density at radius 2 is 1.42 bits per heavy atom. The van der Waals surface area contributed by atoms with E-state index >= 15 is 0 Å². The van der Waals surface area contributed by atoms with Gasteiger partial charge in [0, 0.05) is 25.5 Å². The second-order valence-corrected chi connectivity index (χ2v) is 9.31. The standard InChI is InChI=1S/C20H18F2N4O2.C10H7FN2O2/c21-14-2-4-15(5-3-14)26-9-7-18(25-26)20(27)24-17-6-1-13(11-16(17)22)19-12-23-8-10-28-19;11-7-1-3-8(4-2-7)13-6-5-9(12-13)10(14)15/h1-7,9,11,19,23H,8,10,12H2,(H,24,27);1-6H,(H,14,15)/t19-;/m0./s1.